The van der Waals surface area contributed by atoms with E-state index < -0.39 is 0 Å². The fraction of sp³-hybridized carbons (Fsp3) is 0.652. The summed E-state index contributed by atoms with van der Waals surface area (Å²) in [6, 6.07) is 8.89. The van der Waals surface area contributed by atoms with Crippen LogP contribution in [-0.4, -0.2) is 56.5 Å². The van der Waals surface area contributed by atoms with Crippen LogP contribution in [0.2, 0.25) is 0 Å². The van der Waals surface area contributed by atoms with Crippen molar-refractivity contribution in [1.29, 1.82) is 0 Å². The third-order valence-corrected chi connectivity index (χ3v) is 5.60. The molecule has 0 saturated carbocycles. The highest BCUT2D eigenvalue weighted by atomic mass is 16.1. The summed E-state index contributed by atoms with van der Waals surface area (Å²) in [5.41, 5.74) is 8.34. The number of nitrogens with two attached hydrogens (primary N) is 1. The molecule has 1 aromatic carbocycles. The van der Waals surface area contributed by atoms with Crippen LogP contribution in [0.4, 0.5) is 0 Å². The number of hydrogen-bond donors (Lipinski definition) is 3. The SMILES string of the molecule is CN=C(NCCCN1CCCC(C(N)=O)C1)NCCc1ccc(C(C)(C)C)cc1. The minimum Gasteiger partial charge on any atom is -0.369 e. The molecule has 1 saturated heterocycles. The van der Waals surface area contributed by atoms with Crippen LogP contribution in [0, 0.1) is 5.92 Å². The van der Waals surface area contributed by atoms with Crippen molar-refractivity contribution in [3.05, 3.63) is 35.4 Å². The summed E-state index contributed by atoms with van der Waals surface area (Å²) < 4.78 is 0. The molecule has 1 aromatic rings. The zero-order valence-corrected chi connectivity index (χ0v) is 18.6. The monoisotopic (exact) mass is 401 g/mol. The first-order valence-electron chi connectivity index (χ1n) is 10.8. The van der Waals surface area contributed by atoms with Gasteiger partial charge in [-0.05, 0) is 55.3 Å². The van der Waals surface area contributed by atoms with E-state index in [1.54, 1.807) is 7.05 Å². The molecule has 1 heterocycles. The van der Waals surface area contributed by atoms with Crippen LogP contribution in [0.25, 0.3) is 0 Å². The van der Waals surface area contributed by atoms with E-state index >= 15 is 0 Å². The lowest BCUT2D eigenvalue weighted by molar-refractivity contribution is -0.123. The highest BCUT2D eigenvalue weighted by Crippen LogP contribution is 2.22. The van der Waals surface area contributed by atoms with E-state index in [9.17, 15) is 4.79 Å². The maximum atomic E-state index is 11.4. The van der Waals surface area contributed by atoms with Crippen LogP contribution in [0.15, 0.2) is 29.3 Å². The van der Waals surface area contributed by atoms with Crippen LogP contribution in [0.1, 0.15) is 51.2 Å². The number of guanidine groups is 1. The Morgan fingerprint density at radius 2 is 1.90 bits per heavy atom. The molecule has 6 heteroatoms. The summed E-state index contributed by atoms with van der Waals surface area (Å²) >= 11 is 0. The number of nitrogens with one attached hydrogen (secondary N) is 2. The van der Waals surface area contributed by atoms with E-state index in [0.717, 1.165) is 64.4 Å². The molecule has 1 fully saturated rings. The summed E-state index contributed by atoms with van der Waals surface area (Å²) in [7, 11) is 1.80. The number of carbonyl (C=O) groups excluding carboxylic acids is 1. The molecule has 1 amide bonds. The van der Waals surface area contributed by atoms with Crippen molar-refractivity contribution in [3.8, 4) is 0 Å². The Kier molecular flexibility index (Phi) is 8.96. The van der Waals surface area contributed by atoms with Crippen LogP contribution in [-0.2, 0) is 16.6 Å². The first-order chi connectivity index (χ1) is 13.8. The molecule has 0 aromatic heterocycles. The number of rotatable bonds is 8. The van der Waals surface area contributed by atoms with E-state index in [4.69, 9.17) is 5.73 Å². The smallest absolute Gasteiger partial charge is 0.221 e. The number of carbonyl (C=O) groups is 1. The lowest BCUT2D eigenvalue weighted by atomic mass is 9.86. The minimum absolute atomic E-state index is 0.0172. The average Bonchev–Trinajstić information content (AvgIpc) is 2.69. The van der Waals surface area contributed by atoms with Gasteiger partial charge in [-0.25, -0.2) is 0 Å². The van der Waals surface area contributed by atoms with E-state index in [2.05, 4.69) is 65.6 Å². The predicted molar refractivity (Wildman–Crippen MR) is 121 cm³/mol. The normalized spacial score (nSPS) is 18.5. The minimum atomic E-state index is -0.162. The molecule has 6 nitrogen and oxygen atoms in total. The van der Waals surface area contributed by atoms with Gasteiger partial charge in [0, 0.05) is 26.7 Å². The van der Waals surface area contributed by atoms with Crippen molar-refractivity contribution in [3.63, 3.8) is 0 Å². The first-order valence-corrected chi connectivity index (χ1v) is 10.8. The molecule has 1 unspecified atom stereocenters. The summed E-state index contributed by atoms with van der Waals surface area (Å²) in [6.45, 7) is 11.3. The number of nitrogens with zero attached hydrogens (tertiary/aromatic N) is 2. The van der Waals surface area contributed by atoms with E-state index in [-0.39, 0.29) is 17.2 Å². The zero-order valence-electron chi connectivity index (χ0n) is 18.6. The van der Waals surface area contributed by atoms with Crippen LogP contribution in [0.3, 0.4) is 0 Å². The molecule has 29 heavy (non-hydrogen) atoms. The Bertz CT molecular complexity index is 663. The second-order valence-electron chi connectivity index (χ2n) is 9.02. The van der Waals surface area contributed by atoms with E-state index in [0.29, 0.717) is 0 Å². The second-order valence-corrected chi connectivity index (χ2v) is 9.02. The molecule has 0 spiro atoms. The molecule has 2 rings (SSSR count). The van der Waals surface area contributed by atoms with Gasteiger partial charge in [-0.15, -0.1) is 0 Å². The number of primary amides is 1. The number of amides is 1. The number of benzene rings is 1. The maximum absolute atomic E-state index is 11.4. The van der Waals surface area contributed by atoms with Gasteiger partial charge in [-0.1, -0.05) is 45.0 Å². The molecule has 162 valence electrons. The number of likely N-dealkylation sites (tertiary alicyclic amines) is 1. The average molecular weight is 402 g/mol. The Morgan fingerprint density at radius 1 is 1.21 bits per heavy atom. The third-order valence-electron chi connectivity index (χ3n) is 5.60. The van der Waals surface area contributed by atoms with Crippen molar-refractivity contribution in [2.45, 2.75) is 51.9 Å². The molecule has 4 N–H and O–H groups in total. The number of aliphatic imine (C=N–C) groups is 1. The molecule has 0 aliphatic carbocycles. The number of piperidine rings is 1. The van der Waals surface area contributed by atoms with Gasteiger partial charge >= 0.3 is 0 Å². The van der Waals surface area contributed by atoms with Crippen molar-refractivity contribution in [1.82, 2.24) is 15.5 Å². The molecule has 0 bridgehead atoms. The highest BCUT2D eigenvalue weighted by Gasteiger charge is 2.23. The predicted octanol–water partition coefficient (Wildman–Crippen LogP) is 2.28. The largest absolute Gasteiger partial charge is 0.369 e. The lowest BCUT2D eigenvalue weighted by Gasteiger charge is -2.31. The first kappa shape index (κ1) is 23.2. The lowest BCUT2D eigenvalue weighted by Crippen LogP contribution is -2.43. The molecule has 1 atom stereocenters. The Hall–Kier alpha value is -2.08. The maximum Gasteiger partial charge on any atom is 0.221 e. The molecular weight excluding hydrogens is 362 g/mol. The van der Waals surface area contributed by atoms with Gasteiger partial charge < -0.3 is 21.3 Å². The van der Waals surface area contributed by atoms with Crippen molar-refractivity contribution < 1.29 is 4.79 Å². The van der Waals surface area contributed by atoms with Gasteiger partial charge in [0.2, 0.25) is 5.91 Å². The van der Waals surface area contributed by atoms with E-state index in [1.807, 2.05) is 0 Å². The standard InChI is InChI=1S/C23H39N5O/c1-23(2,3)20-10-8-18(9-11-20)12-14-27-22(25-4)26-13-6-16-28-15-5-7-19(17-28)21(24)29/h8-11,19H,5-7,12-17H2,1-4H3,(H2,24,29)(H2,25,26,27). The molecule has 0 radical (unpaired) electrons. The van der Waals surface area contributed by atoms with Crippen LogP contribution < -0.4 is 16.4 Å². The van der Waals surface area contributed by atoms with Gasteiger partial charge in [0.25, 0.3) is 0 Å². The van der Waals surface area contributed by atoms with Gasteiger partial charge in [0.1, 0.15) is 0 Å². The Labute approximate surface area is 176 Å². The van der Waals surface area contributed by atoms with Gasteiger partial charge in [-0.2, -0.15) is 0 Å². The highest BCUT2D eigenvalue weighted by molar-refractivity contribution is 5.79. The van der Waals surface area contributed by atoms with Crippen molar-refractivity contribution >= 4 is 11.9 Å². The molecule has 1 aliphatic heterocycles. The van der Waals surface area contributed by atoms with Crippen LogP contribution in [0.5, 0.6) is 0 Å². The summed E-state index contributed by atoms with van der Waals surface area (Å²) in [6.07, 6.45) is 3.97. The zero-order chi connectivity index (χ0) is 21.3. The van der Waals surface area contributed by atoms with Gasteiger partial charge in [0.15, 0.2) is 5.96 Å². The van der Waals surface area contributed by atoms with Gasteiger partial charge in [0.05, 0.1) is 5.92 Å². The summed E-state index contributed by atoms with van der Waals surface area (Å²) in [4.78, 5) is 18.0. The van der Waals surface area contributed by atoms with Crippen LogP contribution >= 0.6 is 0 Å². The topological polar surface area (TPSA) is 82.8 Å². The quantitative estimate of drug-likeness (QED) is 0.355. The van der Waals surface area contributed by atoms with Gasteiger partial charge in [-0.3, -0.25) is 9.79 Å². The number of hydrogen-bond acceptors (Lipinski definition) is 3. The summed E-state index contributed by atoms with van der Waals surface area (Å²) in [5.74, 6) is 0.694. The Balaban J connectivity index is 1.63. The third kappa shape index (κ3) is 8.05. The molecular formula is C23H39N5O. The summed E-state index contributed by atoms with van der Waals surface area (Å²) in [5, 5.41) is 6.77. The molecule has 1 aliphatic rings. The van der Waals surface area contributed by atoms with E-state index in [1.165, 1.54) is 11.1 Å². The fourth-order valence-corrected chi connectivity index (χ4v) is 3.72. The fourth-order valence-electron chi connectivity index (χ4n) is 3.72. The van der Waals surface area contributed by atoms with Crippen molar-refractivity contribution in [2.75, 3.05) is 39.8 Å². The Morgan fingerprint density at radius 3 is 2.52 bits per heavy atom. The van der Waals surface area contributed by atoms with Crippen molar-refractivity contribution in [2.24, 2.45) is 16.6 Å². The second kappa shape index (κ2) is 11.2.